The maximum atomic E-state index is 10.5. The lowest BCUT2D eigenvalue weighted by Crippen LogP contribution is -2.62. The van der Waals surface area contributed by atoms with Crippen molar-refractivity contribution in [3.63, 3.8) is 0 Å². The molecule has 14 heavy (non-hydrogen) atoms. The molecule has 6 aliphatic rings. The van der Waals surface area contributed by atoms with Crippen molar-refractivity contribution in [3.05, 3.63) is 0 Å². The minimum absolute atomic E-state index is 0.434. The molecule has 4 bridgehead atoms. The molecule has 6 fully saturated rings. The van der Waals surface area contributed by atoms with Gasteiger partial charge in [0, 0.05) is 0 Å². The molecule has 0 aromatic carbocycles. The molecule has 0 heterocycles. The summed E-state index contributed by atoms with van der Waals surface area (Å²) in [4.78, 5) is 0. The molecular weight excluding hydrogens is 176 g/mol. The van der Waals surface area contributed by atoms with Crippen LogP contribution in [0.1, 0.15) is 13.8 Å². The van der Waals surface area contributed by atoms with Gasteiger partial charge in [0.05, 0.1) is 11.2 Å². The minimum atomic E-state index is -0.434. The van der Waals surface area contributed by atoms with Crippen molar-refractivity contribution in [2.45, 2.75) is 25.0 Å². The lowest BCUT2D eigenvalue weighted by molar-refractivity contribution is -0.186. The Morgan fingerprint density at radius 1 is 0.643 bits per heavy atom. The summed E-state index contributed by atoms with van der Waals surface area (Å²) in [6.07, 6.45) is 0. The molecule has 0 saturated heterocycles. The molecule has 0 unspecified atom stereocenters. The number of rotatable bonds is 0. The van der Waals surface area contributed by atoms with Gasteiger partial charge in [-0.15, -0.1) is 0 Å². The quantitative estimate of drug-likeness (QED) is 0.586. The smallest absolute Gasteiger partial charge is 0.0688 e. The molecule has 0 spiro atoms. The summed E-state index contributed by atoms with van der Waals surface area (Å²) >= 11 is 0. The Morgan fingerprint density at radius 3 is 1.29 bits per heavy atom. The van der Waals surface area contributed by atoms with E-state index < -0.39 is 11.2 Å². The van der Waals surface area contributed by atoms with Gasteiger partial charge in [-0.25, -0.2) is 0 Å². The van der Waals surface area contributed by atoms with E-state index in [0.29, 0.717) is 35.5 Å². The largest absolute Gasteiger partial charge is 0.390 e. The van der Waals surface area contributed by atoms with Gasteiger partial charge in [-0.3, -0.25) is 0 Å². The fraction of sp³-hybridized carbons (Fsp3) is 1.00. The molecule has 0 aromatic heterocycles. The first-order valence-electron chi connectivity index (χ1n) is 5.94. The Bertz CT molecular complexity index is 337. The Hall–Kier alpha value is -0.0800. The van der Waals surface area contributed by atoms with Gasteiger partial charge < -0.3 is 10.2 Å². The first-order chi connectivity index (χ1) is 6.49. The van der Waals surface area contributed by atoms with Crippen LogP contribution in [-0.4, -0.2) is 21.4 Å². The molecule has 2 N–H and O–H groups in total. The molecule has 0 amide bonds. The van der Waals surface area contributed by atoms with Gasteiger partial charge in [0.2, 0.25) is 0 Å². The van der Waals surface area contributed by atoms with E-state index in [0.717, 1.165) is 11.8 Å². The summed E-state index contributed by atoms with van der Waals surface area (Å²) in [6, 6.07) is 0. The van der Waals surface area contributed by atoms with Crippen molar-refractivity contribution in [1.29, 1.82) is 0 Å². The van der Waals surface area contributed by atoms with Crippen molar-refractivity contribution in [2.75, 3.05) is 0 Å². The fourth-order valence-electron chi connectivity index (χ4n) is 7.09. The predicted octanol–water partition coefficient (Wildman–Crippen LogP) is 0.486. The van der Waals surface area contributed by atoms with Crippen LogP contribution in [0.5, 0.6) is 0 Å². The average molecular weight is 192 g/mol. The Morgan fingerprint density at radius 2 is 1.00 bits per heavy atom. The van der Waals surface area contributed by atoms with E-state index in [-0.39, 0.29) is 0 Å². The molecular formula is C12H16O2. The van der Waals surface area contributed by atoms with Crippen molar-refractivity contribution >= 4 is 0 Å². The third-order valence-corrected chi connectivity index (χ3v) is 6.91. The second-order valence-electron chi connectivity index (χ2n) is 6.86. The third-order valence-electron chi connectivity index (χ3n) is 6.91. The molecule has 0 aliphatic heterocycles. The molecule has 2 nitrogen and oxygen atoms in total. The van der Waals surface area contributed by atoms with Gasteiger partial charge in [0.1, 0.15) is 0 Å². The molecule has 6 aliphatic carbocycles. The van der Waals surface area contributed by atoms with E-state index in [4.69, 9.17) is 0 Å². The van der Waals surface area contributed by atoms with E-state index in [2.05, 4.69) is 0 Å². The number of hydrogen-bond donors (Lipinski definition) is 2. The minimum Gasteiger partial charge on any atom is -0.390 e. The van der Waals surface area contributed by atoms with Crippen molar-refractivity contribution < 1.29 is 10.2 Å². The zero-order chi connectivity index (χ0) is 9.62. The van der Waals surface area contributed by atoms with Crippen LogP contribution in [0.25, 0.3) is 0 Å². The second kappa shape index (κ2) is 1.42. The summed E-state index contributed by atoms with van der Waals surface area (Å²) in [6.45, 7) is 4.06. The van der Waals surface area contributed by atoms with E-state index in [1.165, 1.54) is 0 Å². The zero-order valence-corrected chi connectivity index (χ0v) is 8.51. The SMILES string of the molecule is C[C@@]1(O)[C@@H]2[C@@H]3[C@@H]4[C@@H]2[C@H]2[C@H]1[C@@H]3[C@@H]4[C@@]2(C)O. The Labute approximate surface area is 83.3 Å². The number of aliphatic hydroxyl groups is 2. The summed E-state index contributed by atoms with van der Waals surface area (Å²) in [5, 5.41) is 21.0. The Kier molecular flexibility index (Phi) is 0.735. The second-order valence-corrected chi connectivity index (χ2v) is 6.86. The van der Waals surface area contributed by atoms with Crippen LogP contribution in [0.2, 0.25) is 0 Å². The normalized spacial score (nSPS) is 90.0. The van der Waals surface area contributed by atoms with Crippen LogP contribution >= 0.6 is 0 Å². The monoisotopic (exact) mass is 192 g/mol. The lowest BCUT2D eigenvalue weighted by atomic mass is 9.40. The maximum absolute atomic E-state index is 10.5. The van der Waals surface area contributed by atoms with Crippen LogP contribution in [0.3, 0.4) is 0 Å². The molecule has 6 saturated carbocycles. The summed E-state index contributed by atoms with van der Waals surface area (Å²) in [5.41, 5.74) is -0.868. The first kappa shape index (κ1) is 7.24. The van der Waals surface area contributed by atoms with Gasteiger partial charge in [-0.05, 0) is 61.2 Å². The van der Waals surface area contributed by atoms with Gasteiger partial charge in [0.25, 0.3) is 0 Å². The maximum Gasteiger partial charge on any atom is 0.0688 e. The zero-order valence-electron chi connectivity index (χ0n) is 8.51. The van der Waals surface area contributed by atoms with Gasteiger partial charge >= 0.3 is 0 Å². The van der Waals surface area contributed by atoms with E-state index in [9.17, 15) is 10.2 Å². The van der Waals surface area contributed by atoms with Crippen LogP contribution in [-0.2, 0) is 0 Å². The van der Waals surface area contributed by atoms with Crippen LogP contribution in [0, 0.1) is 47.3 Å². The summed E-state index contributed by atoms with van der Waals surface area (Å²) < 4.78 is 0. The first-order valence-corrected chi connectivity index (χ1v) is 5.94. The summed E-state index contributed by atoms with van der Waals surface area (Å²) in [7, 11) is 0. The van der Waals surface area contributed by atoms with Crippen LogP contribution in [0.15, 0.2) is 0 Å². The standard InChI is InChI=1S/C12H16O2/c1-11(13)7-3-4-5(7)10-9(11)6(3)8(4)12(10,2)14/h3-10,13-14H,1-2H3/t3-,4-,5+,6+,7-,8-,9-,10+,11-,12-/m1/s1. The van der Waals surface area contributed by atoms with Crippen LogP contribution < -0.4 is 0 Å². The van der Waals surface area contributed by atoms with Gasteiger partial charge in [0.15, 0.2) is 0 Å². The molecule has 10 atom stereocenters. The predicted molar refractivity (Wildman–Crippen MR) is 49.2 cm³/mol. The average Bonchev–Trinajstić information content (AvgIpc) is 2.40. The molecule has 2 heteroatoms. The molecule has 76 valence electrons. The van der Waals surface area contributed by atoms with Crippen molar-refractivity contribution in [1.82, 2.24) is 0 Å². The highest BCUT2D eigenvalue weighted by Gasteiger charge is 2.94. The molecule has 6 rings (SSSR count). The highest BCUT2D eigenvalue weighted by atomic mass is 16.3. The summed E-state index contributed by atoms with van der Waals surface area (Å²) in [5.74, 6) is 4.95. The molecule has 0 aromatic rings. The van der Waals surface area contributed by atoms with Crippen LogP contribution in [0.4, 0.5) is 0 Å². The highest BCUT2D eigenvalue weighted by molar-refractivity contribution is 5.41. The fourth-order valence-corrected chi connectivity index (χ4v) is 7.09. The van der Waals surface area contributed by atoms with Gasteiger partial charge in [-0.1, -0.05) is 0 Å². The van der Waals surface area contributed by atoms with Gasteiger partial charge in [-0.2, -0.15) is 0 Å². The third kappa shape index (κ3) is 0.348. The van der Waals surface area contributed by atoms with Crippen molar-refractivity contribution in [2.24, 2.45) is 47.3 Å². The number of hydrogen-bond acceptors (Lipinski definition) is 2. The highest BCUT2D eigenvalue weighted by Crippen LogP contribution is 2.92. The lowest BCUT2D eigenvalue weighted by Gasteiger charge is -2.63. The van der Waals surface area contributed by atoms with E-state index in [1.54, 1.807) is 0 Å². The topological polar surface area (TPSA) is 40.5 Å². The van der Waals surface area contributed by atoms with E-state index in [1.807, 2.05) is 13.8 Å². The Balaban J connectivity index is 1.82. The van der Waals surface area contributed by atoms with Crippen molar-refractivity contribution in [3.8, 4) is 0 Å². The molecule has 0 radical (unpaired) electrons. The van der Waals surface area contributed by atoms with E-state index >= 15 is 0 Å².